The topological polar surface area (TPSA) is 111 Å². The van der Waals surface area contributed by atoms with Gasteiger partial charge in [0, 0.05) is 29.7 Å². The molecule has 3 unspecified atom stereocenters. The summed E-state index contributed by atoms with van der Waals surface area (Å²) in [7, 11) is 0. The minimum atomic E-state index is -1.24. The highest BCUT2D eigenvalue weighted by molar-refractivity contribution is 6.31. The van der Waals surface area contributed by atoms with E-state index < -0.39 is 35.4 Å². The summed E-state index contributed by atoms with van der Waals surface area (Å²) < 4.78 is 14.5. The van der Waals surface area contributed by atoms with Crippen molar-refractivity contribution in [3.05, 3.63) is 63.4 Å². The zero-order chi connectivity index (χ0) is 28.7. The van der Waals surface area contributed by atoms with Crippen molar-refractivity contribution in [3.63, 3.8) is 0 Å². The fourth-order valence-electron chi connectivity index (χ4n) is 5.68. The van der Waals surface area contributed by atoms with Crippen LogP contribution in [0.15, 0.2) is 36.4 Å². The van der Waals surface area contributed by atoms with Crippen LogP contribution in [0.5, 0.6) is 0 Å². The van der Waals surface area contributed by atoms with Gasteiger partial charge in [-0.15, -0.1) is 0 Å². The van der Waals surface area contributed by atoms with Gasteiger partial charge in [0.25, 0.3) is 0 Å². The number of aliphatic hydroxyl groups is 2. The second-order valence-electron chi connectivity index (χ2n) is 12.3. The number of anilines is 1. The van der Waals surface area contributed by atoms with Crippen LogP contribution in [0.4, 0.5) is 10.1 Å². The summed E-state index contributed by atoms with van der Waals surface area (Å²) in [6.07, 6.45) is -0.794. The molecule has 0 radical (unpaired) electrons. The van der Waals surface area contributed by atoms with E-state index in [1.54, 1.807) is 24.3 Å². The number of benzene rings is 2. The van der Waals surface area contributed by atoms with E-state index in [9.17, 15) is 24.2 Å². The Kier molecular flexibility index (Phi) is 8.64. The molecule has 5 atom stereocenters. The largest absolute Gasteiger partial charge is 0.390 e. The van der Waals surface area contributed by atoms with Gasteiger partial charge in [-0.2, -0.15) is 0 Å². The third kappa shape index (κ3) is 6.25. The predicted molar refractivity (Wildman–Crippen MR) is 151 cm³/mol. The van der Waals surface area contributed by atoms with E-state index in [1.807, 2.05) is 0 Å². The quantitative estimate of drug-likeness (QED) is 0.369. The molecule has 7 nitrogen and oxygen atoms in total. The van der Waals surface area contributed by atoms with Crippen LogP contribution in [0.1, 0.15) is 57.6 Å². The smallest absolute Gasteiger partial charge is 0.237 e. The maximum atomic E-state index is 14.5. The van der Waals surface area contributed by atoms with E-state index >= 15 is 0 Å². The van der Waals surface area contributed by atoms with Gasteiger partial charge in [0.2, 0.25) is 11.8 Å². The third-order valence-corrected chi connectivity index (χ3v) is 7.83. The Morgan fingerprint density at radius 3 is 2.38 bits per heavy atom. The molecule has 5 rings (SSSR count). The normalized spacial score (nSPS) is 29.6. The van der Waals surface area contributed by atoms with Gasteiger partial charge in [0.15, 0.2) is 0 Å². The molecule has 3 aliphatic rings. The molecule has 10 heteroatoms. The number of fused-ring (bicyclic) bond motifs is 2. The second kappa shape index (κ2) is 11.3. The second-order valence-corrected chi connectivity index (χ2v) is 13.2. The lowest BCUT2D eigenvalue weighted by Crippen LogP contribution is -2.47. The van der Waals surface area contributed by atoms with E-state index in [-0.39, 0.29) is 35.8 Å². The maximum Gasteiger partial charge on any atom is 0.237 e. The first-order chi connectivity index (χ1) is 18.2. The molecule has 1 aliphatic carbocycles. The van der Waals surface area contributed by atoms with Crippen molar-refractivity contribution in [1.29, 1.82) is 0 Å². The van der Waals surface area contributed by atoms with Gasteiger partial charge in [-0.3, -0.25) is 9.59 Å². The van der Waals surface area contributed by atoms with Gasteiger partial charge < -0.3 is 26.2 Å². The summed E-state index contributed by atoms with van der Waals surface area (Å²) in [6, 6.07) is 8.80. The molecule has 39 heavy (non-hydrogen) atoms. The lowest BCUT2D eigenvalue weighted by Gasteiger charge is -2.31. The molecule has 0 bridgehead atoms. The minimum absolute atomic E-state index is 0.0549. The highest BCUT2D eigenvalue weighted by Gasteiger charge is 2.60. The first-order valence-corrected chi connectivity index (χ1v) is 13.9. The Morgan fingerprint density at radius 2 is 1.77 bits per heavy atom. The van der Waals surface area contributed by atoms with Crippen molar-refractivity contribution in [2.75, 3.05) is 18.4 Å². The number of halogens is 3. The average Bonchev–Trinajstić information content (AvgIpc) is 3.47. The number of carbonyl (C=O) groups excluding carboxylic acids is 2. The molecule has 2 amide bonds. The summed E-state index contributed by atoms with van der Waals surface area (Å²) in [5.74, 6) is -2.05. The summed E-state index contributed by atoms with van der Waals surface area (Å²) in [6.45, 7) is 9.15. The Bertz CT molecular complexity index is 1240. The van der Waals surface area contributed by atoms with Crippen molar-refractivity contribution < 1.29 is 24.2 Å². The van der Waals surface area contributed by atoms with Crippen LogP contribution < -0.4 is 16.0 Å². The molecule has 2 fully saturated rings. The number of amides is 2. The number of hydrogen-bond donors (Lipinski definition) is 5. The van der Waals surface area contributed by atoms with Gasteiger partial charge in [-0.05, 0) is 59.6 Å². The molecule has 2 aliphatic heterocycles. The molecule has 2 aromatic rings. The number of hydrogen-bond acceptors (Lipinski definition) is 5. The molecular weight excluding hydrogens is 544 g/mol. The molecule has 1 saturated heterocycles. The van der Waals surface area contributed by atoms with Crippen LogP contribution in [0.2, 0.25) is 10.0 Å². The fraction of sp³-hybridized carbons (Fsp3) is 0.517. The SMILES string of the molecule is CC(C)(C)C.O=C(NCC1CC(O)C(O)C1)[C@@H]1NC[C@]2(C(=O)Nc3cc(Cl)c(F)cc32)C1c1cccc(Cl)c1. The molecule has 5 N–H and O–H groups in total. The van der Waals surface area contributed by atoms with E-state index in [0.717, 1.165) is 0 Å². The Morgan fingerprint density at radius 1 is 1.13 bits per heavy atom. The number of rotatable bonds is 4. The number of nitrogens with one attached hydrogen (secondary N) is 3. The predicted octanol–water partition coefficient (Wildman–Crippen LogP) is 4.38. The average molecular weight is 581 g/mol. The summed E-state index contributed by atoms with van der Waals surface area (Å²) in [4.78, 5) is 26.8. The zero-order valence-corrected chi connectivity index (χ0v) is 24.0. The Hall–Kier alpha value is -2.23. The number of aliphatic hydroxyl groups excluding tert-OH is 2. The van der Waals surface area contributed by atoms with Gasteiger partial charge in [0.05, 0.1) is 28.7 Å². The van der Waals surface area contributed by atoms with Crippen molar-refractivity contribution in [1.82, 2.24) is 10.6 Å². The monoisotopic (exact) mass is 579 g/mol. The third-order valence-electron chi connectivity index (χ3n) is 7.31. The van der Waals surface area contributed by atoms with Crippen molar-refractivity contribution >= 4 is 40.7 Å². The molecule has 2 aromatic carbocycles. The summed E-state index contributed by atoms with van der Waals surface area (Å²) in [5, 5.41) is 28.8. The molecule has 1 saturated carbocycles. The van der Waals surface area contributed by atoms with Gasteiger partial charge in [0.1, 0.15) is 5.82 Å². The Labute approximate surface area is 238 Å². The highest BCUT2D eigenvalue weighted by Crippen LogP contribution is 2.52. The zero-order valence-electron chi connectivity index (χ0n) is 22.5. The van der Waals surface area contributed by atoms with Crippen LogP contribution >= 0.6 is 23.2 Å². The standard InChI is InChI=1S/C24H24Cl2FN3O4.C5H12/c25-13-3-1-2-12(6-13)20-21(22(33)28-9-11-4-18(31)19(32)5-11)29-10-24(20)14-7-16(27)15(26)8-17(14)30-23(24)34;1-5(2,3)4/h1-3,6-8,11,18-21,29,31-32H,4-5,9-10H2,(H,28,33)(H,30,34);1-4H3/t11?,18?,19?,20?,21-,24-;/m1./s1. The van der Waals surface area contributed by atoms with Crippen LogP contribution in [0, 0.1) is 17.2 Å². The molecule has 212 valence electrons. The lowest BCUT2D eigenvalue weighted by atomic mass is 9.68. The molecular formula is C29H36Cl2FN3O4. The summed E-state index contributed by atoms with van der Waals surface area (Å²) >= 11 is 12.2. The molecule has 0 aromatic heterocycles. The first-order valence-electron chi connectivity index (χ1n) is 13.1. The van der Waals surface area contributed by atoms with E-state index in [4.69, 9.17) is 23.2 Å². The van der Waals surface area contributed by atoms with Crippen molar-refractivity contribution in [3.8, 4) is 0 Å². The summed E-state index contributed by atoms with van der Waals surface area (Å²) in [5.41, 5.74) is 0.782. The van der Waals surface area contributed by atoms with E-state index in [1.165, 1.54) is 12.1 Å². The van der Waals surface area contributed by atoms with Crippen molar-refractivity contribution in [2.24, 2.45) is 11.3 Å². The van der Waals surface area contributed by atoms with Crippen LogP contribution in [0.25, 0.3) is 0 Å². The minimum Gasteiger partial charge on any atom is -0.390 e. The first kappa shape index (κ1) is 29.7. The molecule has 1 spiro atoms. The van der Waals surface area contributed by atoms with Crippen LogP contribution in [-0.2, 0) is 15.0 Å². The fourth-order valence-corrected chi connectivity index (χ4v) is 6.04. The van der Waals surface area contributed by atoms with Gasteiger partial charge in [-0.1, -0.05) is 63.0 Å². The van der Waals surface area contributed by atoms with E-state index in [2.05, 4.69) is 43.6 Å². The number of carbonyl (C=O) groups is 2. The Balaban J connectivity index is 0.000000648. The van der Waals surface area contributed by atoms with Crippen LogP contribution in [-0.4, -0.2) is 53.4 Å². The van der Waals surface area contributed by atoms with Crippen molar-refractivity contribution in [2.45, 2.75) is 70.1 Å². The molecule has 2 heterocycles. The lowest BCUT2D eigenvalue weighted by molar-refractivity contribution is -0.124. The maximum absolute atomic E-state index is 14.5. The highest BCUT2D eigenvalue weighted by atomic mass is 35.5. The van der Waals surface area contributed by atoms with Gasteiger partial charge >= 0.3 is 0 Å². The van der Waals surface area contributed by atoms with E-state index in [0.29, 0.717) is 40.1 Å². The van der Waals surface area contributed by atoms with Gasteiger partial charge in [-0.25, -0.2) is 4.39 Å². The van der Waals surface area contributed by atoms with Crippen LogP contribution in [0.3, 0.4) is 0 Å².